The third kappa shape index (κ3) is 45.8. The van der Waals surface area contributed by atoms with Crippen LogP contribution in [0.2, 0.25) is 0 Å². The van der Waals surface area contributed by atoms with E-state index in [2.05, 4.69) is 29.5 Å². The lowest BCUT2D eigenvalue weighted by atomic mass is 10.1. The average molecular weight is 823 g/mol. The first kappa shape index (κ1) is 48.8. The molecule has 0 spiro atoms. The molecule has 0 aliphatic heterocycles. The van der Waals surface area contributed by atoms with Crippen LogP contribution in [-0.4, -0.2) is 149 Å². The molecule has 0 bridgehead atoms. The molecule has 0 aromatic rings. The van der Waals surface area contributed by atoms with Crippen molar-refractivity contribution in [1.29, 1.82) is 0 Å². The Labute approximate surface area is 311 Å². The molecular formula is C36H71IO12. The SMILES string of the molecule is CCCCCCCCCC(=O)OCCOCCOCCOCCOCCOCCOCCOCCOCCOCCOCCCCCCI. The predicted octanol–water partition coefficient (Wildman–Crippen LogP) is 5.83. The molecule has 0 atom stereocenters. The second-order valence-corrected chi connectivity index (χ2v) is 12.4. The Morgan fingerprint density at radius 1 is 0.347 bits per heavy atom. The van der Waals surface area contributed by atoms with Crippen molar-refractivity contribution in [2.24, 2.45) is 0 Å². The van der Waals surface area contributed by atoms with Gasteiger partial charge >= 0.3 is 5.97 Å². The predicted molar refractivity (Wildman–Crippen MR) is 199 cm³/mol. The summed E-state index contributed by atoms with van der Waals surface area (Å²) in [6.45, 7) is 13.2. The Hall–Kier alpha value is -0.200. The van der Waals surface area contributed by atoms with Crippen LogP contribution in [0.4, 0.5) is 0 Å². The third-order valence-corrected chi connectivity index (χ3v) is 7.76. The minimum absolute atomic E-state index is 0.138. The number of hydrogen-bond donors (Lipinski definition) is 0. The van der Waals surface area contributed by atoms with E-state index in [4.69, 9.17) is 52.1 Å². The second kappa shape index (κ2) is 45.8. The molecule has 0 heterocycles. The van der Waals surface area contributed by atoms with Crippen molar-refractivity contribution >= 4 is 28.6 Å². The quantitative estimate of drug-likeness (QED) is 0.0319. The van der Waals surface area contributed by atoms with E-state index in [-0.39, 0.29) is 12.6 Å². The fourth-order valence-corrected chi connectivity index (χ4v) is 4.79. The molecule has 0 amide bonds. The van der Waals surface area contributed by atoms with E-state index in [0.29, 0.717) is 132 Å². The van der Waals surface area contributed by atoms with Crippen molar-refractivity contribution < 1.29 is 56.9 Å². The first-order valence-electron chi connectivity index (χ1n) is 18.8. The standard InChI is InChI=1S/C36H71IO12/c1-2-3-4-5-6-7-10-13-36(38)49-35-34-48-33-32-47-31-30-46-29-28-45-27-26-44-25-24-43-23-22-42-21-20-41-19-18-40-17-16-39-15-12-9-8-11-14-37/h2-35H2,1H3. The Bertz CT molecular complexity index is 621. The van der Waals surface area contributed by atoms with Crippen LogP contribution in [0.25, 0.3) is 0 Å². The van der Waals surface area contributed by atoms with Gasteiger partial charge in [0.2, 0.25) is 0 Å². The molecule has 294 valence electrons. The van der Waals surface area contributed by atoms with E-state index in [9.17, 15) is 4.79 Å². The van der Waals surface area contributed by atoms with Crippen molar-refractivity contribution in [3.05, 3.63) is 0 Å². The zero-order valence-electron chi connectivity index (χ0n) is 30.8. The van der Waals surface area contributed by atoms with Crippen LogP contribution in [0, 0.1) is 0 Å². The Kier molecular flexibility index (Phi) is 45.6. The summed E-state index contributed by atoms with van der Waals surface area (Å²) in [4.78, 5) is 11.7. The molecule has 49 heavy (non-hydrogen) atoms. The van der Waals surface area contributed by atoms with Gasteiger partial charge in [0.1, 0.15) is 6.61 Å². The molecule has 0 radical (unpaired) electrons. The number of halogens is 1. The second-order valence-electron chi connectivity index (χ2n) is 11.3. The fraction of sp³-hybridized carbons (Fsp3) is 0.972. The van der Waals surface area contributed by atoms with Gasteiger partial charge in [0.05, 0.1) is 126 Å². The van der Waals surface area contributed by atoms with Crippen molar-refractivity contribution in [3.8, 4) is 0 Å². The molecule has 12 nitrogen and oxygen atoms in total. The third-order valence-electron chi connectivity index (χ3n) is 7.00. The maximum atomic E-state index is 11.7. The van der Waals surface area contributed by atoms with Crippen LogP contribution < -0.4 is 0 Å². The maximum absolute atomic E-state index is 11.7. The number of ether oxygens (including phenoxy) is 11. The molecule has 0 aromatic heterocycles. The zero-order valence-corrected chi connectivity index (χ0v) is 33.0. The van der Waals surface area contributed by atoms with Crippen LogP contribution in [0.3, 0.4) is 0 Å². The maximum Gasteiger partial charge on any atom is 0.305 e. The molecule has 13 heteroatoms. The molecule has 0 saturated heterocycles. The van der Waals surface area contributed by atoms with Crippen LogP contribution in [-0.2, 0) is 56.9 Å². The summed E-state index contributed by atoms with van der Waals surface area (Å²) in [5.74, 6) is -0.138. The van der Waals surface area contributed by atoms with E-state index in [0.717, 1.165) is 25.9 Å². The molecule has 0 saturated carbocycles. The number of rotatable bonds is 44. The van der Waals surface area contributed by atoms with Crippen molar-refractivity contribution in [3.63, 3.8) is 0 Å². The first-order chi connectivity index (χ1) is 24.3. The monoisotopic (exact) mass is 822 g/mol. The Morgan fingerprint density at radius 2 is 0.633 bits per heavy atom. The van der Waals surface area contributed by atoms with Gasteiger partial charge in [-0.25, -0.2) is 0 Å². The lowest BCUT2D eigenvalue weighted by Gasteiger charge is -2.09. The van der Waals surface area contributed by atoms with Gasteiger partial charge in [-0.05, 0) is 23.7 Å². The van der Waals surface area contributed by atoms with E-state index in [1.165, 1.54) is 55.8 Å². The van der Waals surface area contributed by atoms with Crippen LogP contribution in [0.1, 0.15) is 84.0 Å². The molecule has 0 rings (SSSR count). The van der Waals surface area contributed by atoms with Gasteiger partial charge in [-0.2, -0.15) is 0 Å². The smallest absolute Gasteiger partial charge is 0.305 e. The lowest BCUT2D eigenvalue weighted by molar-refractivity contribution is -0.145. The van der Waals surface area contributed by atoms with E-state index < -0.39 is 0 Å². The van der Waals surface area contributed by atoms with Crippen molar-refractivity contribution in [2.75, 3.05) is 143 Å². The summed E-state index contributed by atoms with van der Waals surface area (Å²) < 4.78 is 61.4. The number of hydrogen-bond acceptors (Lipinski definition) is 12. The van der Waals surface area contributed by atoms with E-state index in [1.807, 2.05) is 0 Å². The summed E-state index contributed by atoms with van der Waals surface area (Å²) >= 11 is 2.42. The first-order valence-corrected chi connectivity index (χ1v) is 20.3. The Balaban J connectivity index is 3.09. The molecule has 0 aromatic carbocycles. The Morgan fingerprint density at radius 3 is 1.00 bits per heavy atom. The van der Waals surface area contributed by atoms with Crippen LogP contribution in [0.15, 0.2) is 0 Å². The van der Waals surface area contributed by atoms with Gasteiger partial charge in [0.15, 0.2) is 0 Å². The van der Waals surface area contributed by atoms with Crippen molar-refractivity contribution in [1.82, 2.24) is 0 Å². The molecule has 0 unspecified atom stereocenters. The van der Waals surface area contributed by atoms with E-state index in [1.54, 1.807) is 0 Å². The van der Waals surface area contributed by atoms with Gasteiger partial charge in [-0.3, -0.25) is 4.79 Å². The molecule has 0 aliphatic rings. The van der Waals surface area contributed by atoms with Gasteiger partial charge in [-0.1, -0.05) is 80.9 Å². The van der Waals surface area contributed by atoms with Gasteiger partial charge in [-0.15, -0.1) is 0 Å². The molecule has 0 fully saturated rings. The number of alkyl halides is 1. The van der Waals surface area contributed by atoms with Crippen LogP contribution >= 0.6 is 22.6 Å². The summed E-state index contributed by atoms with van der Waals surface area (Å²) in [6.07, 6.45) is 13.8. The van der Waals surface area contributed by atoms with E-state index >= 15 is 0 Å². The highest BCUT2D eigenvalue weighted by atomic mass is 127. The number of carbonyl (C=O) groups excluding carboxylic acids is 1. The summed E-state index contributed by atoms with van der Waals surface area (Å²) in [5.41, 5.74) is 0. The highest BCUT2D eigenvalue weighted by Gasteiger charge is 2.03. The van der Waals surface area contributed by atoms with Crippen molar-refractivity contribution in [2.45, 2.75) is 84.0 Å². The fourth-order valence-electron chi connectivity index (χ4n) is 4.25. The number of unbranched alkanes of at least 4 members (excludes halogenated alkanes) is 9. The largest absolute Gasteiger partial charge is 0.463 e. The summed E-state index contributed by atoms with van der Waals surface area (Å²) in [7, 11) is 0. The lowest BCUT2D eigenvalue weighted by Crippen LogP contribution is -2.15. The van der Waals surface area contributed by atoms with Gasteiger partial charge in [0.25, 0.3) is 0 Å². The van der Waals surface area contributed by atoms with Crippen LogP contribution in [0.5, 0.6) is 0 Å². The topological polar surface area (TPSA) is 119 Å². The molecule has 0 N–H and O–H groups in total. The summed E-state index contributed by atoms with van der Waals surface area (Å²) in [6, 6.07) is 0. The highest BCUT2D eigenvalue weighted by molar-refractivity contribution is 14.1. The highest BCUT2D eigenvalue weighted by Crippen LogP contribution is 2.08. The summed E-state index contributed by atoms with van der Waals surface area (Å²) in [5, 5.41) is 0. The average Bonchev–Trinajstić information content (AvgIpc) is 3.11. The number of esters is 1. The van der Waals surface area contributed by atoms with Gasteiger partial charge < -0.3 is 52.1 Å². The van der Waals surface area contributed by atoms with Gasteiger partial charge in [0, 0.05) is 13.0 Å². The molecular weight excluding hydrogens is 751 g/mol. The zero-order chi connectivity index (χ0) is 35.4. The normalized spacial score (nSPS) is 11.5. The molecule has 0 aliphatic carbocycles. The minimum atomic E-state index is -0.138. The number of carbonyl (C=O) groups is 1. The minimum Gasteiger partial charge on any atom is -0.463 e.